The van der Waals surface area contributed by atoms with Crippen LogP contribution in [0.1, 0.15) is 50.2 Å². The number of sulfonamides is 1. The van der Waals surface area contributed by atoms with Crippen molar-refractivity contribution in [3.05, 3.63) is 64.1 Å². The van der Waals surface area contributed by atoms with Crippen molar-refractivity contribution in [1.82, 2.24) is 10.2 Å². The lowest BCUT2D eigenvalue weighted by Gasteiger charge is -2.33. The van der Waals surface area contributed by atoms with Gasteiger partial charge in [-0.15, -0.1) is 0 Å². The summed E-state index contributed by atoms with van der Waals surface area (Å²) in [6, 6.07) is 9.93. The van der Waals surface area contributed by atoms with Gasteiger partial charge < -0.3 is 10.2 Å². The van der Waals surface area contributed by atoms with Gasteiger partial charge in [0.25, 0.3) is 0 Å². The van der Waals surface area contributed by atoms with Crippen molar-refractivity contribution in [3.63, 3.8) is 0 Å². The normalized spacial score (nSPS) is 15.5. The van der Waals surface area contributed by atoms with E-state index in [0.717, 1.165) is 55.0 Å². The van der Waals surface area contributed by atoms with E-state index in [0.29, 0.717) is 15.9 Å². The molecule has 0 unspecified atom stereocenters. The highest BCUT2D eigenvalue weighted by Gasteiger charge is 2.34. The molecule has 0 radical (unpaired) electrons. The molecule has 1 N–H and O–H groups in total. The number of carbonyl (C=O) groups is 2. The fourth-order valence-corrected chi connectivity index (χ4v) is 5.72. The summed E-state index contributed by atoms with van der Waals surface area (Å²) in [7, 11) is -4.15. The Hall–Kier alpha value is -2.60. The largest absolute Gasteiger partial charge is 0.416 e. The Bertz CT molecular complexity index is 1250. The van der Waals surface area contributed by atoms with E-state index in [1.807, 2.05) is 0 Å². The van der Waals surface area contributed by atoms with Crippen molar-refractivity contribution in [2.24, 2.45) is 0 Å². The van der Waals surface area contributed by atoms with Gasteiger partial charge in [-0.1, -0.05) is 53.4 Å². The van der Waals surface area contributed by atoms with Crippen molar-refractivity contribution in [1.29, 1.82) is 0 Å². The first-order valence-electron chi connectivity index (χ1n) is 12.2. The Morgan fingerprint density at radius 3 is 2.34 bits per heavy atom. The lowest BCUT2D eigenvalue weighted by Crippen LogP contribution is -2.53. The zero-order valence-electron chi connectivity index (χ0n) is 21.2. The molecule has 3 rings (SSSR count). The fraction of sp³-hybridized carbons (Fsp3) is 0.462. The van der Waals surface area contributed by atoms with Gasteiger partial charge in [0.2, 0.25) is 21.8 Å². The van der Waals surface area contributed by atoms with Crippen LogP contribution in [-0.2, 0) is 32.3 Å². The molecule has 12 heteroatoms. The summed E-state index contributed by atoms with van der Waals surface area (Å²) in [5, 5.41) is 2.99. The quantitative estimate of drug-likeness (QED) is 0.424. The van der Waals surface area contributed by atoms with Crippen LogP contribution in [0.15, 0.2) is 53.0 Å². The lowest BCUT2D eigenvalue weighted by molar-refractivity contribution is -0.139. The second-order valence-electron chi connectivity index (χ2n) is 9.49. The van der Waals surface area contributed by atoms with E-state index in [-0.39, 0.29) is 24.2 Å². The van der Waals surface area contributed by atoms with Crippen molar-refractivity contribution in [2.75, 3.05) is 17.1 Å². The van der Waals surface area contributed by atoms with Gasteiger partial charge >= 0.3 is 6.18 Å². The number of rotatable bonds is 9. The molecule has 38 heavy (non-hydrogen) atoms. The van der Waals surface area contributed by atoms with Gasteiger partial charge in [-0.2, -0.15) is 13.2 Å². The van der Waals surface area contributed by atoms with Crippen molar-refractivity contribution >= 4 is 43.5 Å². The topological polar surface area (TPSA) is 86.8 Å². The summed E-state index contributed by atoms with van der Waals surface area (Å²) in [6.45, 7) is 0.788. The van der Waals surface area contributed by atoms with Crippen LogP contribution in [0.5, 0.6) is 0 Å². The maximum atomic E-state index is 13.6. The maximum absolute atomic E-state index is 13.6. The first kappa shape index (κ1) is 29.9. The Balaban J connectivity index is 1.91. The highest BCUT2D eigenvalue weighted by atomic mass is 79.9. The SMILES string of the molecule is C[C@H](C(=O)NC1CCCCC1)N(Cc1cccc(Br)c1)C(=O)CN(c1cccc(C(F)(F)F)c1)S(C)(=O)=O. The Morgan fingerprint density at radius 2 is 1.74 bits per heavy atom. The molecule has 1 aliphatic carbocycles. The Labute approximate surface area is 229 Å². The summed E-state index contributed by atoms with van der Waals surface area (Å²) >= 11 is 3.38. The maximum Gasteiger partial charge on any atom is 0.416 e. The van der Waals surface area contributed by atoms with E-state index in [1.54, 1.807) is 31.2 Å². The van der Waals surface area contributed by atoms with E-state index >= 15 is 0 Å². The van der Waals surface area contributed by atoms with Gasteiger partial charge in [-0.05, 0) is 55.7 Å². The Kier molecular flexibility index (Phi) is 9.85. The van der Waals surface area contributed by atoms with Crippen LogP contribution in [-0.4, -0.2) is 50.0 Å². The summed E-state index contributed by atoms with van der Waals surface area (Å²) < 4.78 is 66.5. The predicted octanol–water partition coefficient (Wildman–Crippen LogP) is 5.10. The number of carbonyl (C=O) groups excluding carboxylic acids is 2. The first-order chi connectivity index (χ1) is 17.8. The zero-order valence-corrected chi connectivity index (χ0v) is 23.6. The number of nitrogens with zero attached hydrogens (tertiary/aromatic N) is 2. The number of nitrogens with one attached hydrogen (secondary N) is 1. The molecular formula is C26H31BrF3N3O4S. The minimum absolute atomic E-state index is 0.000789. The molecule has 1 saturated carbocycles. The highest BCUT2D eigenvalue weighted by molar-refractivity contribution is 9.10. The monoisotopic (exact) mass is 617 g/mol. The van der Waals surface area contributed by atoms with Crippen LogP contribution in [0.4, 0.5) is 18.9 Å². The van der Waals surface area contributed by atoms with E-state index in [9.17, 15) is 31.2 Å². The van der Waals surface area contributed by atoms with Gasteiger partial charge in [0, 0.05) is 17.1 Å². The summed E-state index contributed by atoms with van der Waals surface area (Å²) in [5.74, 6) is -1.09. The standard InChI is InChI=1S/C26H31BrF3N3O4S/c1-18(25(35)31-22-11-4-3-5-12-22)32(16-19-8-6-10-21(27)14-19)24(34)17-33(38(2,36)37)23-13-7-9-20(15-23)26(28,29)30/h6-10,13-15,18,22H,3-5,11-12,16-17H2,1-2H3,(H,31,35)/t18-/m1/s1. The molecule has 7 nitrogen and oxygen atoms in total. The molecule has 1 atom stereocenters. The average molecular weight is 619 g/mol. The molecule has 2 amide bonds. The molecule has 0 spiro atoms. The van der Waals surface area contributed by atoms with Gasteiger partial charge in [0.05, 0.1) is 17.5 Å². The molecule has 208 valence electrons. The number of alkyl halides is 3. The average Bonchev–Trinajstić information content (AvgIpc) is 2.85. The summed E-state index contributed by atoms with van der Waals surface area (Å²) in [5.41, 5.74) is -0.644. The minimum Gasteiger partial charge on any atom is -0.352 e. The first-order valence-corrected chi connectivity index (χ1v) is 14.9. The van der Waals surface area contributed by atoms with Gasteiger partial charge in [-0.3, -0.25) is 13.9 Å². The number of hydrogen-bond donors (Lipinski definition) is 1. The number of hydrogen-bond acceptors (Lipinski definition) is 4. The fourth-order valence-electron chi connectivity index (χ4n) is 4.43. The third-order valence-corrected chi connectivity index (χ3v) is 8.14. The van der Waals surface area contributed by atoms with E-state index in [1.165, 1.54) is 11.0 Å². The molecule has 0 aromatic heterocycles. The summed E-state index contributed by atoms with van der Waals surface area (Å²) in [6.07, 6.45) is 0.915. The smallest absolute Gasteiger partial charge is 0.352 e. The number of halogens is 4. The van der Waals surface area contributed by atoms with Crippen LogP contribution in [0.25, 0.3) is 0 Å². The molecule has 0 bridgehead atoms. The molecule has 0 saturated heterocycles. The van der Waals surface area contributed by atoms with E-state index < -0.39 is 40.3 Å². The lowest BCUT2D eigenvalue weighted by atomic mass is 9.95. The number of anilines is 1. The highest BCUT2D eigenvalue weighted by Crippen LogP contribution is 2.32. The second-order valence-corrected chi connectivity index (χ2v) is 12.3. The summed E-state index contributed by atoms with van der Waals surface area (Å²) in [4.78, 5) is 28.0. The zero-order chi connectivity index (χ0) is 28.1. The second kappa shape index (κ2) is 12.5. The molecule has 0 heterocycles. The molecule has 1 fully saturated rings. The predicted molar refractivity (Wildman–Crippen MR) is 143 cm³/mol. The molecule has 0 aliphatic heterocycles. The van der Waals surface area contributed by atoms with Crippen LogP contribution >= 0.6 is 15.9 Å². The van der Waals surface area contributed by atoms with Crippen LogP contribution in [0, 0.1) is 0 Å². The number of amides is 2. The minimum atomic E-state index is -4.69. The molecule has 2 aromatic rings. The van der Waals surface area contributed by atoms with E-state index in [4.69, 9.17) is 0 Å². The third kappa shape index (κ3) is 8.20. The molecule has 2 aromatic carbocycles. The van der Waals surface area contributed by atoms with Crippen LogP contribution in [0.3, 0.4) is 0 Å². The third-order valence-electron chi connectivity index (χ3n) is 6.50. The van der Waals surface area contributed by atoms with Gasteiger partial charge in [-0.25, -0.2) is 8.42 Å². The van der Waals surface area contributed by atoms with Crippen LogP contribution < -0.4 is 9.62 Å². The van der Waals surface area contributed by atoms with Gasteiger partial charge in [0.15, 0.2) is 0 Å². The Morgan fingerprint density at radius 1 is 1.08 bits per heavy atom. The number of benzene rings is 2. The molecule has 1 aliphatic rings. The van der Waals surface area contributed by atoms with Crippen molar-refractivity contribution in [3.8, 4) is 0 Å². The van der Waals surface area contributed by atoms with Crippen molar-refractivity contribution in [2.45, 2.75) is 63.8 Å². The van der Waals surface area contributed by atoms with Crippen LogP contribution in [0.2, 0.25) is 0 Å². The van der Waals surface area contributed by atoms with Crippen molar-refractivity contribution < 1.29 is 31.2 Å². The van der Waals surface area contributed by atoms with Gasteiger partial charge in [0.1, 0.15) is 12.6 Å². The van der Waals surface area contributed by atoms with E-state index in [2.05, 4.69) is 21.2 Å². The molecular weight excluding hydrogens is 587 g/mol.